The summed E-state index contributed by atoms with van der Waals surface area (Å²) in [4.78, 5) is 54.8. The average Bonchev–Trinajstić information content (AvgIpc) is 2.96. The number of rotatable bonds is 7. The van der Waals surface area contributed by atoms with E-state index in [1.165, 1.54) is 13.8 Å². The van der Waals surface area contributed by atoms with E-state index in [-0.39, 0.29) is 24.0 Å². The number of aliphatic hydroxyl groups excluding tert-OH is 3. The normalized spacial score (nSPS) is 33.7. The second-order valence-corrected chi connectivity index (χ2v) is 13.9. The average molecular weight is 642 g/mol. The molecule has 4 rings (SSSR count). The SMILES string of the molecule is C=C1C(OC(=O)C(O)C(c2ccccc2)N(C)C)CC(OC(C)=O)C2(C)C1CC1C(O)C(O)C(C)=C(C(=O)C2OC(C)=O)C1(C)C. The Bertz CT molecular complexity index is 1420. The van der Waals surface area contributed by atoms with Gasteiger partial charge in [-0.2, -0.15) is 0 Å². The maximum Gasteiger partial charge on any atom is 0.337 e. The molecule has 0 aliphatic heterocycles. The summed E-state index contributed by atoms with van der Waals surface area (Å²) < 4.78 is 17.5. The number of ether oxygens (including phenoxy) is 3. The lowest BCUT2D eigenvalue weighted by Crippen LogP contribution is -2.64. The molecule has 0 radical (unpaired) electrons. The third-order valence-corrected chi connectivity index (χ3v) is 10.5. The van der Waals surface area contributed by atoms with E-state index in [4.69, 9.17) is 14.2 Å². The summed E-state index contributed by atoms with van der Waals surface area (Å²) in [6.45, 7) is 13.5. The number of hydrogen-bond donors (Lipinski definition) is 3. The fourth-order valence-electron chi connectivity index (χ4n) is 8.16. The van der Waals surface area contributed by atoms with E-state index in [2.05, 4.69) is 6.58 Å². The predicted molar refractivity (Wildman–Crippen MR) is 167 cm³/mol. The molecule has 0 saturated heterocycles. The number of Topliss-reactive ketones (excluding diaryl/α,β-unsaturated/α-hetero) is 1. The number of aliphatic hydroxyl groups is 3. The van der Waals surface area contributed by atoms with Crippen molar-refractivity contribution in [3.63, 3.8) is 0 Å². The van der Waals surface area contributed by atoms with E-state index in [1.54, 1.807) is 71.0 Å². The van der Waals surface area contributed by atoms with E-state index in [0.717, 1.165) is 0 Å². The lowest BCUT2D eigenvalue weighted by atomic mass is 9.49. The fraction of sp³-hybridized carbons (Fsp3) is 0.600. The Morgan fingerprint density at radius 1 is 0.978 bits per heavy atom. The molecule has 1 aromatic carbocycles. The van der Waals surface area contributed by atoms with Crippen molar-refractivity contribution in [2.45, 2.75) is 97.0 Å². The van der Waals surface area contributed by atoms with E-state index < -0.39 is 89.0 Å². The Hall–Kier alpha value is -3.38. The van der Waals surface area contributed by atoms with Gasteiger partial charge in [0, 0.05) is 25.8 Å². The van der Waals surface area contributed by atoms with Gasteiger partial charge in [0.15, 0.2) is 12.2 Å². The van der Waals surface area contributed by atoms with Crippen molar-refractivity contribution in [3.8, 4) is 0 Å². The van der Waals surface area contributed by atoms with Crippen LogP contribution in [0.5, 0.6) is 0 Å². The predicted octanol–water partition coefficient (Wildman–Crippen LogP) is 2.67. The number of benzene rings is 1. The fourth-order valence-corrected chi connectivity index (χ4v) is 8.16. The summed E-state index contributed by atoms with van der Waals surface area (Å²) in [5.41, 5.74) is -0.785. The molecular formula is C35H47NO10. The lowest BCUT2D eigenvalue weighted by Gasteiger charge is -2.58. The monoisotopic (exact) mass is 641 g/mol. The van der Waals surface area contributed by atoms with Gasteiger partial charge >= 0.3 is 17.9 Å². The molecule has 2 saturated carbocycles. The van der Waals surface area contributed by atoms with Crippen molar-refractivity contribution < 1.29 is 48.7 Å². The highest BCUT2D eigenvalue weighted by molar-refractivity contribution is 6.02. The number of fused-ring (bicyclic) bond motifs is 3. The van der Waals surface area contributed by atoms with Gasteiger partial charge in [0.2, 0.25) is 5.78 Å². The molecule has 11 nitrogen and oxygen atoms in total. The van der Waals surface area contributed by atoms with Gasteiger partial charge in [-0.05, 0) is 61.4 Å². The first-order valence-electron chi connectivity index (χ1n) is 15.6. The second kappa shape index (κ2) is 13.0. The minimum Gasteiger partial charge on any atom is -0.462 e. The Balaban J connectivity index is 1.82. The molecule has 1 aromatic rings. The van der Waals surface area contributed by atoms with Gasteiger partial charge in [-0.25, -0.2) is 4.79 Å². The topological polar surface area (TPSA) is 160 Å². The van der Waals surface area contributed by atoms with Crippen molar-refractivity contribution in [2.24, 2.45) is 22.7 Å². The third-order valence-electron chi connectivity index (χ3n) is 10.5. The van der Waals surface area contributed by atoms with Crippen LogP contribution in [0.1, 0.15) is 66.0 Å². The maximum atomic E-state index is 14.5. The summed E-state index contributed by atoms with van der Waals surface area (Å²) in [6.07, 6.45) is -7.81. The van der Waals surface area contributed by atoms with Crippen molar-refractivity contribution in [3.05, 3.63) is 59.2 Å². The number of carbonyl (C=O) groups excluding carboxylic acids is 4. The second-order valence-electron chi connectivity index (χ2n) is 13.9. The van der Waals surface area contributed by atoms with E-state index in [9.17, 15) is 34.5 Å². The van der Waals surface area contributed by atoms with Crippen molar-refractivity contribution in [1.29, 1.82) is 0 Å². The van der Waals surface area contributed by atoms with Crippen LogP contribution in [0, 0.1) is 22.7 Å². The molecule has 10 unspecified atom stereocenters. The van der Waals surface area contributed by atoms with Crippen LogP contribution >= 0.6 is 0 Å². The first-order valence-corrected chi connectivity index (χ1v) is 15.6. The molecule has 3 aliphatic carbocycles. The zero-order chi connectivity index (χ0) is 34.5. The molecule has 0 heterocycles. The Morgan fingerprint density at radius 3 is 2.11 bits per heavy atom. The molecule has 0 amide bonds. The third kappa shape index (κ3) is 6.05. The Labute approximate surface area is 270 Å². The van der Waals surface area contributed by atoms with E-state index in [1.807, 2.05) is 6.07 Å². The quantitative estimate of drug-likeness (QED) is 0.228. The van der Waals surface area contributed by atoms with Crippen LogP contribution < -0.4 is 0 Å². The molecule has 0 aromatic heterocycles. The molecule has 2 bridgehead atoms. The molecule has 11 heteroatoms. The summed E-state index contributed by atoms with van der Waals surface area (Å²) in [5.74, 6) is -4.37. The zero-order valence-corrected chi connectivity index (χ0v) is 27.9. The Morgan fingerprint density at radius 2 is 1.57 bits per heavy atom. The number of likely N-dealkylation sites (N-methyl/N-ethyl adjacent to an activating group) is 1. The highest BCUT2D eigenvalue weighted by Crippen LogP contribution is 2.59. The number of ketones is 1. The number of carbonyl (C=O) groups is 4. The van der Waals surface area contributed by atoms with Gasteiger partial charge in [-0.1, -0.05) is 57.7 Å². The van der Waals surface area contributed by atoms with Crippen molar-refractivity contribution in [1.82, 2.24) is 4.90 Å². The van der Waals surface area contributed by atoms with Gasteiger partial charge in [-0.15, -0.1) is 0 Å². The maximum absolute atomic E-state index is 14.5. The number of esters is 3. The van der Waals surface area contributed by atoms with Gasteiger partial charge in [-0.3, -0.25) is 19.3 Å². The van der Waals surface area contributed by atoms with Crippen LogP contribution in [0.4, 0.5) is 0 Å². The van der Waals surface area contributed by atoms with Gasteiger partial charge in [0.25, 0.3) is 0 Å². The van der Waals surface area contributed by atoms with E-state index >= 15 is 0 Å². The smallest absolute Gasteiger partial charge is 0.337 e. The van der Waals surface area contributed by atoms with E-state index in [0.29, 0.717) is 11.1 Å². The summed E-state index contributed by atoms with van der Waals surface area (Å²) in [7, 11) is 3.46. The largest absolute Gasteiger partial charge is 0.462 e. The first-order chi connectivity index (χ1) is 21.3. The van der Waals surface area contributed by atoms with Crippen LogP contribution in [0.25, 0.3) is 0 Å². The van der Waals surface area contributed by atoms with Crippen LogP contribution in [0.3, 0.4) is 0 Å². The lowest BCUT2D eigenvalue weighted by molar-refractivity contribution is -0.198. The molecule has 10 atom stereocenters. The molecule has 3 aliphatic rings. The molecule has 2 fully saturated rings. The summed E-state index contributed by atoms with van der Waals surface area (Å²) in [6, 6.07) is 8.27. The molecular weight excluding hydrogens is 594 g/mol. The minimum absolute atomic E-state index is 0.121. The summed E-state index contributed by atoms with van der Waals surface area (Å²) >= 11 is 0. The van der Waals surface area contributed by atoms with Crippen molar-refractivity contribution >= 4 is 23.7 Å². The molecule has 3 N–H and O–H groups in total. The van der Waals surface area contributed by atoms with Crippen LogP contribution in [-0.2, 0) is 33.4 Å². The number of nitrogens with zero attached hydrogens (tertiary/aromatic N) is 1. The van der Waals surface area contributed by atoms with Crippen LogP contribution in [0.2, 0.25) is 0 Å². The molecule has 46 heavy (non-hydrogen) atoms. The highest BCUT2D eigenvalue weighted by atomic mass is 16.6. The molecule has 0 spiro atoms. The minimum atomic E-state index is -1.59. The molecule has 252 valence electrons. The zero-order valence-electron chi connectivity index (χ0n) is 27.9. The number of hydrogen-bond acceptors (Lipinski definition) is 11. The van der Waals surface area contributed by atoms with Gasteiger partial charge < -0.3 is 29.5 Å². The van der Waals surface area contributed by atoms with Gasteiger partial charge in [0.05, 0.1) is 17.6 Å². The summed E-state index contributed by atoms with van der Waals surface area (Å²) in [5, 5.41) is 33.7. The first kappa shape index (κ1) is 35.5. The van der Waals surface area contributed by atoms with Crippen LogP contribution in [0.15, 0.2) is 53.6 Å². The van der Waals surface area contributed by atoms with Gasteiger partial charge in [0.1, 0.15) is 18.3 Å². The highest BCUT2D eigenvalue weighted by Gasteiger charge is 2.64. The van der Waals surface area contributed by atoms with Crippen molar-refractivity contribution in [2.75, 3.05) is 14.1 Å². The standard InChI is InChI=1S/C35H47NO10/c1-17-22-15-23-29(40)28(39)18(2)26(34(23,5)6)30(41)32(45-20(4)38)35(22,7)25(44-19(3)37)16-24(17)46-33(43)31(42)27(36(8)9)21-13-11-10-12-14-21/h10-14,22-25,27-29,31-32,39-40,42H,1,15-16H2,2-9H3. The Kier molecular flexibility index (Phi) is 10.0. The van der Waals surface area contributed by atoms with Crippen LogP contribution in [-0.4, -0.2) is 94.6 Å².